The fourth-order valence-electron chi connectivity index (χ4n) is 3.46. The molecule has 0 saturated carbocycles. The van der Waals surface area contributed by atoms with Crippen molar-refractivity contribution in [1.82, 2.24) is 5.32 Å². The molecule has 2 amide bonds. The van der Waals surface area contributed by atoms with Crippen molar-refractivity contribution in [1.29, 1.82) is 5.26 Å². The lowest BCUT2D eigenvalue weighted by Gasteiger charge is -2.19. The van der Waals surface area contributed by atoms with Crippen molar-refractivity contribution >= 4 is 40.9 Å². The van der Waals surface area contributed by atoms with Crippen LogP contribution in [0, 0.1) is 11.3 Å². The third-order valence-electron chi connectivity index (χ3n) is 5.29. The van der Waals surface area contributed by atoms with Crippen LogP contribution in [0.1, 0.15) is 23.6 Å². The van der Waals surface area contributed by atoms with Crippen molar-refractivity contribution in [3.05, 3.63) is 87.4 Å². The van der Waals surface area contributed by atoms with E-state index >= 15 is 0 Å². The van der Waals surface area contributed by atoms with Crippen LogP contribution in [0.15, 0.2) is 65.7 Å². The Labute approximate surface area is 210 Å². The number of thioether (sulfide) groups is 1. The molecule has 1 unspecified atom stereocenters. The second kappa shape index (κ2) is 11.0. The molecule has 2 aromatic carbocycles. The van der Waals surface area contributed by atoms with Crippen LogP contribution in [0.3, 0.4) is 0 Å². The zero-order chi connectivity index (χ0) is 25.8. The molecule has 1 heterocycles. The summed E-state index contributed by atoms with van der Waals surface area (Å²) in [5.41, 5.74) is 0.454. The van der Waals surface area contributed by atoms with Gasteiger partial charge in [-0.1, -0.05) is 48.5 Å². The molecule has 1 N–H and O–H groups in total. The molecule has 1 saturated heterocycles. The van der Waals surface area contributed by atoms with Gasteiger partial charge in [0.2, 0.25) is 5.91 Å². The van der Waals surface area contributed by atoms with Gasteiger partial charge < -0.3 is 5.32 Å². The molecule has 3 rings (SSSR count). The molecular formula is C25H21ClF3N3O2S. The summed E-state index contributed by atoms with van der Waals surface area (Å²) in [5.74, 6) is -1.15. The Hall–Kier alpha value is -3.22. The SMILES string of the molecule is C=CCNC(=O)/C(C#N)=C1\SC(Cc2cc(C(F)(F)F)ccc2Cl)C(=O)N1c1ccc(CC)cc1. The number of carbonyl (C=O) groups is 2. The van der Waals surface area contributed by atoms with E-state index in [4.69, 9.17) is 11.6 Å². The molecule has 1 aliphatic rings. The van der Waals surface area contributed by atoms with Gasteiger partial charge in [0, 0.05) is 17.3 Å². The maximum Gasteiger partial charge on any atom is 0.416 e. The Bertz CT molecular complexity index is 1220. The zero-order valence-electron chi connectivity index (χ0n) is 18.7. The third kappa shape index (κ3) is 5.89. The lowest BCUT2D eigenvalue weighted by molar-refractivity contribution is -0.137. The van der Waals surface area contributed by atoms with Crippen LogP contribution in [0.4, 0.5) is 18.9 Å². The van der Waals surface area contributed by atoms with E-state index < -0.39 is 28.8 Å². The van der Waals surface area contributed by atoms with Crippen LogP contribution >= 0.6 is 23.4 Å². The van der Waals surface area contributed by atoms with Crippen molar-refractivity contribution in [3.63, 3.8) is 0 Å². The van der Waals surface area contributed by atoms with Crippen LogP contribution < -0.4 is 10.2 Å². The van der Waals surface area contributed by atoms with E-state index in [1.54, 1.807) is 12.1 Å². The molecule has 1 aliphatic heterocycles. The Balaban J connectivity index is 2.05. The van der Waals surface area contributed by atoms with E-state index in [1.165, 1.54) is 11.0 Å². The average molecular weight is 520 g/mol. The predicted octanol–water partition coefficient (Wildman–Crippen LogP) is 5.65. The van der Waals surface area contributed by atoms with Crippen molar-refractivity contribution in [2.24, 2.45) is 0 Å². The van der Waals surface area contributed by atoms with Crippen molar-refractivity contribution < 1.29 is 22.8 Å². The molecule has 0 spiro atoms. The molecule has 0 aliphatic carbocycles. The zero-order valence-corrected chi connectivity index (χ0v) is 20.2. The fourth-order valence-corrected chi connectivity index (χ4v) is 4.95. The minimum absolute atomic E-state index is 0.0897. The number of nitriles is 1. The summed E-state index contributed by atoms with van der Waals surface area (Å²) in [5, 5.41) is 11.6. The molecular weight excluding hydrogens is 499 g/mol. The number of hydrogen-bond acceptors (Lipinski definition) is 4. The van der Waals surface area contributed by atoms with Gasteiger partial charge in [-0.25, -0.2) is 0 Å². The summed E-state index contributed by atoms with van der Waals surface area (Å²) in [7, 11) is 0. The van der Waals surface area contributed by atoms with Crippen LogP contribution in [0.2, 0.25) is 5.02 Å². The minimum Gasteiger partial charge on any atom is -0.348 e. The molecule has 182 valence electrons. The number of benzene rings is 2. The van der Waals surface area contributed by atoms with Crippen molar-refractivity contribution in [3.8, 4) is 6.07 Å². The number of hydrogen-bond donors (Lipinski definition) is 1. The highest BCUT2D eigenvalue weighted by molar-refractivity contribution is 8.05. The van der Waals surface area contributed by atoms with Crippen molar-refractivity contribution in [2.45, 2.75) is 31.2 Å². The second-order valence-corrected chi connectivity index (χ2v) is 9.20. The number of alkyl halides is 3. The maximum atomic E-state index is 13.5. The number of anilines is 1. The Kier molecular flexibility index (Phi) is 8.30. The summed E-state index contributed by atoms with van der Waals surface area (Å²) in [4.78, 5) is 27.4. The third-order valence-corrected chi connectivity index (χ3v) is 6.93. The molecule has 1 atom stereocenters. The smallest absolute Gasteiger partial charge is 0.348 e. The highest BCUT2D eigenvalue weighted by Crippen LogP contribution is 2.43. The van der Waals surface area contributed by atoms with E-state index in [0.29, 0.717) is 5.69 Å². The summed E-state index contributed by atoms with van der Waals surface area (Å²) < 4.78 is 39.7. The van der Waals surface area contributed by atoms with Gasteiger partial charge in [-0.2, -0.15) is 18.4 Å². The van der Waals surface area contributed by atoms with Crippen LogP contribution in [0.5, 0.6) is 0 Å². The lowest BCUT2D eigenvalue weighted by Crippen LogP contribution is -2.32. The Morgan fingerprint density at radius 1 is 1.29 bits per heavy atom. The lowest BCUT2D eigenvalue weighted by atomic mass is 10.0. The molecule has 10 heteroatoms. The van der Waals surface area contributed by atoms with Gasteiger partial charge in [0.1, 0.15) is 16.7 Å². The van der Waals surface area contributed by atoms with Gasteiger partial charge in [0.05, 0.1) is 10.8 Å². The van der Waals surface area contributed by atoms with E-state index in [0.717, 1.165) is 41.9 Å². The van der Waals surface area contributed by atoms with Gasteiger partial charge >= 0.3 is 6.18 Å². The summed E-state index contributed by atoms with van der Waals surface area (Å²) in [6, 6.07) is 11.9. The first-order valence-electron chi connectivity index (χ1n) is 10.6. The number of carbonyl (C=O) groups excluding carboxylic acids is 2. The van der Waals surface area contributed by atoms with Gasteiger partial charge in [-0.3, -0.25) is 14.5 Å². The summed E-state index contributed by atoms with van der Waals surface area (Å²) in [6.45, 7) is 5.61. The topological polar surface area (TPSA) is 73.2 Å². The Morgan fingerprint density at radius 3 is 2.54 bits per heavy atom. The molecule has 5 nitrogen and oxygen atoms in total. The van der Waals surface area contributed by atoms with Gasteiger partial charge in [0.25, 0.3) is 5.91 Å². The molecule has 2 aromatic rings. The van der Waals surface area contributed by atoms with Crippen molar-refractivity contribution in [2.75, 3.05) is 11.4 Å². The predicted molar refractivity (Wildman–Crippen MR) is 131 cm³/mol. The number of halogens is 4. The van der Waals surface area contributed by atoms with E-state index in [9.17, 15) is 28.0 Å². The molecule has 0 aromatic heterocycles. The number of amides is 2. The van der Waals surface area contributed by atoms with Crippen LogP contribution in [-0.4, -0.2) is 23.6 Å². The minimum atomic E-state index is -4.57. The highest BCUT2D eigenvalue weighted by atomic mass is 35.5. The maximum absolute atomic E-state index is 13.5. The first-order chi connectivity index (χ1) is 16.6. The number of nitrogens with zero attached hydrogens (tertiary/aromatic N) is 2. The molecule has 0 bridgehead atoms. The van der Waals surface area contributed by atoms with Gasteiger partial charge in [-0.15, -0.1) is 6.58 Å². The standard InChI is InChI=1S/C25H21ClF3N3O2S/c1-3-11-31-22(33)19(14-30)24-32(18-8-5-15(4-2)6-9-18)23(34)21(35-24)13-16-12-17(25(27,28)29)7-10-20(16)26/h3,5-10,12,21H,1,4,11,13H2,2H3,(H,31,33)/b24-19-. The molecule has 35 heavy (non-hydrogen) atoms. The first-order valence-corrected chi connectivity index (χ1v) is 11.8. The average Bonchev–Trinajstić information content (AvgIpc) is 3.14. The summed E-state index contributed by atoms with van der Waals surface area (Å²) >= 11 is 7.10. The van der Waals surface area contributed by atoms with Gasteiger partial charge in [-0.05, 0) is 54.3 Å². The molecule has 1 fully saturated rings. The number of rotatable bonds is 7. The highest BCUT2D eigenvalue weighted by Gasteiger charge is 2.41. The first kappa shape index (κ1) is 26.4. The summed E-state index contributed by atoms with van der Waals surface area (Å²) in [6.07, 6.45) is -2.46. The fraction of sp³-hybridized carbons (Fsp3) is 0.240. The van der Waals surface area contributed by atoms with E-state index in [-0.39, 0.29) is 34.2 Å². The number of aryl methyl sites for hydroxylation is 1. The number of nitrogens with one attached hydrogen (secondary N) is 1. The van der Waals surface area contributed by atoms with Crippen LogP contribution in [0.25, 0.3) is 0 Å². The van der Waals surface area contributed by atoms with Crippen LogP contribution in [-0.2, 0) is 28.6 Å². The monoisotopic (exact) mass is 519 g/mol. The normalized spacial score (nSPS) is 17.2. The molecule has 0 radical (unpaired) electrons. The second-order valence-electron chi connectivity index (χ2n) is 7.60. The Morgan fingerprint density at radius 2 is 1.97 bits per heavy atom. The van der Waals surface area contributed by atoms with Gasteiger partial charge in [0.15, 0.2) is 0 Å². The van der Waals surface area contributed by atoms with E-state index in [1.807, 2.05) is 25.1 Å². The quantitative estimate of drug-likeness (QED) is 0.291. The largest absolute Gasteiger partial charge is 0.416 e. The van der Waals surface area contributed by atoms with E-state index in [2.05, 4.69) is 11.9 Å².